The first-order valence-corrected chi connectivity index (χ1v) is 7.70. The summed E-state index contributed by atoms with van der Waals surface area (Å²) in [6.45, 7) is 7.38. The molecule has 122 valence electrons. The second-order valence-corrected chi connectivity index (χ2v) is 6.38. The van der Waals surface area contributed by atoms with E-state index < -0.39 is 5.41 Å². The molecule has 0 aliphatic carbocycles. The summed E-state index contributed by atoms with van der Waals surface area (Å²) < 4.78 is 0. The minimum atomic E-state index is -0.399. The Morgan fingerprint density at radius 2 is 1.68 bits per heavy atom. The van der Waals surface area contributed by atoms with Crippen LogP contribution in [0.1, 0.15) is 49.5 Å². The van der Waals surface area contributed by atoms with Crippen LogP contribution in [-0.2, 0) is 11.3 Å². The first-order chi connectivity index (χ1) is 10.3. The van der Waals surface area contributed by atoms with E-state index in [0.717, 1.165) is 18.4 Å². The van der Waals surface area contributed by atoms with Gasteiger partial charge in [-0.25, -0.2) is 0 Å². The molecule has 0 radical (unpaired) electrons. The Balaban J connectivity index is 2.45. The minimum absolute atomic E-state index is 0.00854. The molecule has 0 unspecified atom stereocenters. The zero-order valence-corrected chi connectivity index (χ0v) is 13.7. The van der Waals surface area contributed by atoms with Gasteiger partial charge in [-0.2, -0.15) is 0 Å². The molecule has 0 aliphatic heterocycles. The summed E-state index contributed by atoms with van der Waals surface area (Å²) in [6.07, 6.45) is 1.80. The van der Waals surface area contributed by atoms with Crippen LogP contribution in [0, 0.1) is 5.41 Å². The first kappa shape index (κ1) is 18.2. The van der Waals surface area contributed by atoms with Crippen molar-refractivity contribution in [1.82, 2.24) is 10.6 Å². The molecule has 0 atom stereocenters. The summed E-state index contributed by atoms with van der Waals surface area (Å²) >= 11 is 0. The maximum absolute atomic E-state index is 11.9. The second-order valence-electron chi connectivity index (χ2n) is 6.38. The van der Waals surface area contributed by atoms with Crippen molar-refractivity contribution < 1.29 is 9.59 Å². The van der Waals surface area contributed by atoms with E-state index in [-0.39, 0.29) is 11.8 Å². The summed E-state index contributed by atoms with van der Waals surface area (Å²) in [7, 11) is 0. The molecule has 0 heterocycles. The molecule has 0 aliphatic rings. The lowest BCUT2D eigenvalue weighted by molar-refractivity contribution is -0.128. The Morgan fingerprint density at radius 3 is 2.23 bits per heavy atom. The van der Waals surface area contributed by atoms with Crippen molar-refractivity contribution in [2.24, 2.45) is 11.1 Å². The Hall–Kier alpha value is -1.88. The van der Waals surface area contributed by atoms with E-state index in [9.17, 15) is 9.59 Å². The highest BCUT2D eigenvalue weighted by atomic mass is 16.2. The molecule has 0 saturated carbocycles. The smallest absolute Gasteiger partial charge is 0.251 e. The molecule has 1 aromatic carbocycles. The van der Waals surface area contributed by atoms with Crippen LogP contribution in [0.25, 0.3) is 0 Å². The van der Waals surface area contributed by atoms with Crippen LogP contribution >= 0.6 is 0 Å². The van der Waals surface area contributed by atoms with E-state index in [1.807, 2.05) is 32.9 Å². The number of unbranched alkanes of at least 4 members (excludes halogenated alkanes) is 1. The van der Waals surface area contributed by atoms with Crippen molar-refractivity contribution in [2.45, 2.75) is 40.2 Å². The lowest BCUT2D eigenvalue weighted by Gasteiger charge is -2.17. The topological polar surface area (TPSA) is 84.2 Å². The fraction of sp³-hybridized carbons (Fsp3) is 0.529. The van der Waals surface area contributed by atoms with Crippen LogP contribution in [0.15, 0.2) is 24.3 Å². The zero-order valence-electron chi connectivity index (χ0n) is 13.7. The summed E-state index contributed by atoms with van der Waals surface area (Å²) in [5.74, 6) is -0.0727. The Morgan fingerprint density at radius 1 is 1.05 bits per heavy atom. The predicted octanol–water partition coefficient (Wildman–Crippen LogP) is 1.82. The van der Waals surface area contributed by atoms with Crippen molar-refractivity contribution in [3.05, 3.63) is 35.4 Å². The number of benzene rings is 1. The molecular weight excluding hydrogens is 278 g/mol. The van der Waals surface area contributed by atoms with E-state index >= 15 is 0 Å². The molecule has 5 heteroatoms. The van der Waals surface area contributed by atoms with Gasteiger partial charge in [-0.1, -0.05) is 32.9 Å². The number of carbonyl (C=O) groups is 2. The third-order valence-corrected chi connectivity index (χ3v) is 3.27. The van der Waals surface area contributed by atoms with Crippen LogP contribution in [0.5, 0.6) is 0 Å². The van der Waals surface area contributed by atoms with Gasteiger partial charge < -0.3 is 16.4 Å². The van der Waals surface area contributed by atoms with E-state index in [1.165, 1.54) is 0 Å². The van der Waals surface area contributed by atoms with Crippen molar-refractivity contribution in [1.29, 1.82) is 0 Å². The molecule has 2 amide bonds. The van der Waals surface area contributed by atoms with Crippen LogP contribution in [0.4, 0.5) is 0 Å². The standard InChI is InChI=1S/C17H27N3O2/c1-17(2,3)16(22)20-12-13-6-8-14(9-7-13)15(21)19-11-5-4-10-18/h6-9H,4-5,10-12,18H2,1-3H3,(H,19,21)(H,20,22). The highest BCUT2D eigenvalue weighted by Gasteiger charge is 2.20. The van der Waals surface area contributed by atoms with Gasteiger partial charge in [0.1, 0.15) is 0 Å². The van der Waals surface area contributed by atoms with E-state index in [0.29, 0.717) is 25.2 Å². The van der Waals surface area contributed by atoms with Gasteiger partial charge in [0.2, 0.25) is 5.91 Å². The monoisotopic (exact) mass is 305 g/mol. The average molecular weight is 305 g/mol. The fourth-order valence-corrected chi connectivity index (χ4v) is 1.79. The summed E-state index contributed by atoms with van der Waals surface area (Å²) in [6, 6.07) is 7.27. The molecule has 1 rings (SSSR count). The summed E-state index contributed by atoms with van der Waals surface area (Å²) in [4.78, 5) is 23.7. The Bertz CT molecular complexity index is 490. The van der Waals surface area contributed by atoms with Crippen molar-refractivity contribution in [3.8, 4) is 0 Å². The first-order valence-electron chi connectivity index (χ1n) is 7.70. The molecule has 0 spiro atoms. The molecule has 0 aromatic heterocycles. The number of rotatable bonds is 7. The van der Waals surface area contributed by atoms with E-state index in [2.05, 4.69) is 10.6 Å². The quantitative estimate of drug-likeness (QED) is 0.672. The molecule has 4 N–H and O–H groups in total. The van der Waals surface area contributed by atoms with Gasteiger partial charge in [0.05, 0.1) is 0 Å². The van der Waals surface area contributed by atoms with Gasteiger partial charge in [-0.15, -0.1) is 0 Å². The highest BCUT2D eigenvalue weighted by Crippen LogP contribution is 2.13. The molecule has 0 fully saturated rings. The number of amides is 2. The van der Waals surface area contributed by atoms with Gasteiger partial charge in [0.15, 0.2) is 0 Å². The molecule has 22 heavy (non-hydrogen) atoms. The third-order valence-electron chi connectivity index (χ3n) is 3.27. The van der Waals surface area contributed by atoms with Crippen molar-refractivity contribution in [2.75, 3.05) is 13.1 Å². The zero-order chi connectivity index (χ0) is 16.6. The number of carbonyl (C=O) groups excluding carboxylic acids is 2. The third kappa shape index (κ3) is 6.26. The molecule has 0 bridgehead atoms. The molecular formula is C17H27N3O2. The molecule has 5 nitrogen and oxygen atoms in total. The number of hydrogen-bond acceptors (Lipinski definition) is 3. The Labute approximate surface area is 132 Å². The van der Waals surface area contributed by atoms with Gasteiger partial charge in [-0.05, 0) is 37.1 Å². The van der Waals surface area contributed by atoms with Crippen LogP contribution < -0.4 is 16.4 Å². The molecule has 0 saturated heterocycles. The maximum atomic E-state index is 11.9. The van der Waals surface area contributed by atoms with Crippen LogP contribution in [0.3, 0.4) is 0 Å². The van der Waals surface area contributed by atoms with Crippen molar-refractivity contribution in [3.63, 3.8) is 0 Å². The summed E-state index contributed by atoms with van der Waals surface area (Å²) in [5, 5.41) is 5.74. The van der Waals surface area contributed by atoms with E-state index in [1.54, 1.807) is 12.1 Å². The average Bonchev–Trinajstić information content (AvgIpc) is 2.48. The van der Waals surface area contributed by atoms with Crippen LogP contribution in [0.2, 0.25) is 0 Å². The van der Waals surface area contributed by atoms with Gasteiger partial charge in [0, 0.05) is 24.1 Å². The number of nitrogens with two attached hydrogens (primary N) is 1. The maximum Gasteiger partial charge on any atom is 0.251 e. The van der Waals surface area contributed by atoms with Gasteiger partial charge in [-0.3, -0.25) is 9.59 Å². The largest absolute Gasteiger partial charge is 0.352 e. The number of hydrogen-bond donors (Lipinski definition) is 3. The van der Waals surface area contributed by atoms with E-state index in [4.69, 9.17) is 5.73 Å². The lowest BCUT2D eigenvalue weighted by Crippen LogP contribution is -2.34. The minimum Gasteiger partial charge on any atom is -0.352 e. The van der Waals surface area contributed by atoms with Gasteiger partial charge in [0.25, 0.3) is 5.91 Å². The normalized spacial score (nSPS) is 11.1. The van der Waals surface area contributed by atoms with Gasteiger partial charge >= 0.3 is 0 Å². The van der Waals surface area contributed by atoms with Crippen molar-refractivity contribution >= 4 is 11.8 Å². The lowest BCUT2D eigenvalue weighted by atomic mass is 9.95. The molecule has 1 aromatic rings. The SMILES string of the molecule is CC(C)(C)C(=O)NCc1ccc(C(=O)NCCCCN)cc1. The highest BCUT2D eigenvalue weighted by molar-refractivity contribution is 5.94. The Kier molecular flexibility index (Phi) is 7.05. The predicted molar refractivity (Wildman–Crippen MR) is 88.4 cm³/mol. The summed E-state index contributed by atoms with van der Waals surface area (Å²) in [5.41, 5.74) is 6.60. The van der Waals surface area contributed by atoms with Crippen LogP contribution in [-0.4, -0.2) is 24.9 Å². The number of nitrogens with one attached hydrogen (secondary N) is 2. The fourth-order valence-electron chi connectivity index (χ4n) is 1.79. The second kappa shape index (κ2) is 8.54.